The molecular weight excluding hydrogens is 364 g/mol. The van der Waals surface area contributed by atoms with Gasteiger partial charge in [0, 0.05) is 37.5 Å². The van der Waals surface area contributed by atoms with Crippen molar-refractivity contribution in [2.24, 2.45) is 5.41 Å². The maximum atomic E-state index is 12.9. The third-order valence-electron chi connectivity index (χ3n) is 5.54. The Morgan fingerprint density at radius 1 is 1.44 bits per heavy atom. The molecule has 2 aromatic heterocycles. The second-order valence-corrected chi connectivity index (χ2v) is 8.32. The number of ether oxygens (including phenoxy) is 2. The van der Waals surface area contributed by atoms with Gasteiger partial charge in [-0.05, 0) is 55.4 Å². The zero-order valence-electron chi connectivity index (χ0n) is 15.5. The molecule has 4 rings (SSSR count). The molecule has 0 spiro atoms. The van der Waals surface area contributed by atoms with E-state index in [0.717, 1.165) is 36.3 Å². The van der Waals surface area contributed by atoms with Crippen molar-refractivity contribution in [3.05, 3.63) is 40.7 Å². The van der Waals surface area contributed by atoms with Crippen LogP contribution in [-0.2, 0) is 16.1 Å². The van der Waals surface area contributed by atoms with Crippen molar-refractivity contribution in [3.8, 4) is 0 Å². The third kappa shape index (κ3) is 3.88. The van der Waals surface area contributed by atoms with Crippen LogP contribution in [0.4, 0.5) is 0 Å². The van der Waals surface area contributed by atoms with Gasteiger partial charge in [0.05, 0.1) is 24.2 Å². The van der Waals surface area contributed by atoms with E-state index in [9.17, 15) is 4.79 Å². The monoisotopic (exact) mass is 388 g/mol. The average molecular weight is 388 g/mol. The predicted octanol–water partition coefficient (Wildman–Crippen LogP) is 2.47. The third-order valence-corrected chi connectivity index (χ3v) is 6.17. The lowest BCUT2D eigenvalue weighted by Crippen LogP contribution is -2.58. The van der Waals surface area contributed by atoms with Crippen molar-refractivity contribution in [2.75, 3.05) is 26.3 Å². The number of nitrogens with zero attached hydrogens (tertiary/aromatic N) is 4. The SMILES string of the molecule is Cc1snnc1C(=O)N1CC[C@H]2OCCC[C@@]2(COCc2ccncc2)C1. The Labute approximate surface area is 162 Å². The van der Waals surface area contributed by atoms with Gasteiger partial charge in [0.2, 0.25) is 0 Å². The summed E-state index contributed by atoms with van der Waals surface area (Å²) in [5.74, 6) is -0.0289. The Morgan fingerprint density at radius 2 is 2.30 bits per heavy atom. The van der Waals surface area contributed by atoms with Crippen molar-refractivity contribution in [3.63, 3.8) is 0 Å². The molecule has 2 aromatic rings. The summed E-state index contributed by atoms with van der Waals surface area (Å²) in [6.07, 6.45) is 6.52. The second kappa shape index (κ2) is 8.00. The maximum absolute atomic E-state index is 12.9. The van der Waals surface area contributed by atoms with Gasteiger partial charge in [-0.2, -0.15) is 0 Å². The molecule has 144 valence electrons. The summed E-state index contributed by atoms with van der Waals surface area (Å²) in [4.78, 5) is 19.7. The Balaban J connectivity index is 1.46. The topological polar surface area (TPSA) is 77.4 Å². The summed E-state index contributed by atoms with van der Waals surface area (Å²) in [5.41, 5.74) is 1.42. The van der Waals surface area contributed by atoms with Gasteiger partial charge in [-0.15, -0.1) is 5.10 Å². The highest BCUT2D eigenvalue weighted by atomic mass is 32.1. The first-order valence-electron chi connectivity index (χ1n) is 9.34. The fraction of sp³-hybridized carbons (Fsp3) is 0.579. The number of aromatic nitrogens is 3. The van der Waals surface area contributed by atoms with Gasteiger partial charge in [0.15, 0.2) is 5.69 Å². The number of piperidine rings is 1. The van der Waals surface area contributed by atoms with E-state index < -0.39 is 0 Å². The van der Waals surface area contributed by atoms with E-state index in [1.807, 2.05) is 24.0 Å². The Hall–Kier alpha value is -1.90. The number of rotatable bonds is 5. The fourth-order valence-corrected chi connectivity index (χ4v) is 4.56. The highest BCUT2D eigenvalue weighted by Gasteiger charge is 2.47. The molecule has 0 radical (unpaired) electrons. The molecule has 2 saturated heterocycles. The number of hydrogen-bond acceptors (Lipinski definition) is 7. The molecular formula is C19H24N4O3S. The Bertz CT molecular complexity index is 784. The minimum Gasteiger partial charge on any atom is -0.377 e. The quantitative estimate of drug-likeness (QED) is 0.783. The lowest BCUT2D eigenvalue weighted by Gasteiger charge is -2.50. The van der Waals surface area contributed by atoms with Gasteiger partial charge >= 0.3 is 0 Å². The van der Waals surface area contributed by atoms with Crippen LogP contribution in [0.1, 0.15) is 40.2 Å². The van der Waals surface area contributed by atoms with E-state index >= 15 is 0 Å². The van der Waals surface area contributed by atoms with Crippen LogP contribution in [0.5, 0.6) is 0 Å². The molecule has 27 heavy (non-hydrogen) atoms. The first kappa shape index (κ1) is 18.5. The van der Waals surface area contributed by atoms with Crippen LogP contribution >= 0.6 is 11.5 Å². The molecule has 2 aliphatic rings. The molecule has 2 fully saturated rings. The van der Waals surface area contributed by atoms with E-state index in [2.05, 4.69) is 14.6 Å². The van der Waals surface area contributed by atoms with E-state index in [0.29, 0.717) is 32.0 Å². The molecule has 0 saturated carbocycles. The highest BCUT2D eigenvalue weighted by Crippen LogP contribution is 2.41. The summed E-state index contributed by atoms with van der Waals surface area (Å²) in [6.45, 7) is 5.14. The van der Waals surface area contributed by atoms with Crippen molar-refractivity contribution in [2.45, 2.75) is 38.9 Å². The number of carbonyl (C=O) groups excluding carboxylic acids is 1. The molecule has 0 unspecified atom stereocenters. The standard InChI is InChI=1S/C19H24N4O3S/c1-14-17(21-22-27-14)18(24)23-9-5-16-19(12-23,6-2-10-26-16)13-25-11-15-3-7-20-8-4-15/h3-4,7-8,16H,2,5-6,9-13H2,1H3/t16-,19+/m1/s1. The molecule has 4 heterocycles. The van der Waals surface area contributed by atoms with Crippen LogP contribution in [0, 0.1) is 12.3 Å². The van der Waals surface area contributed by atoms with Crippen molar-refractivity contribution in [1.29, 1.82) is 0 Å². The first-order valence-corrected chi connectivity index (χ1v) is 10.1. The molecule has 0 aromatic carbocycles. The average Bonchev–Trinajstić information content (AvgIpc) is 3.13. The van der Waals surface area contributed by atoms with Crippen LogP contribution in [0.2, 0.25) is 0 Å². The van der Waals surface area contributed by atoms with Gasteiger partial charge in [-0.1, -0.05) is 4.49 Å². The molecule has 0 bridgehead atoms. The summed E-state index contributed by atoms with van der Waals surface area (Å²) >= 11 is 1.27. The van der Waals surface area contributed by atoms with Gasteiger partial charge in [0.1, 0.15) is 0 Å². The Morgan fingerprint density at radius 3 is 3.07 bits per heavy atom. The van der Waals surface area contributed by atoms with E-state index in [1.54, 1.807) is 12.4 Å². The first-order chi connectivity index (χ1) is 13.2. The van der Waals surface area contributed by atoms with E-state index in [1.165, 1.54) is 11.5 Å². The molecule has 0 N–H and O–H groups in total. The summed E-state index contributed by atoms with van der Waals surface area (Å²) in [7, 11) is 0. The number of hydrogen-bond donors (Lipinski definition) is 0. The van der Waals surface area contributed by atoms with Gasteiger partial charge in [0.25, 0.3) is 5.91 Å². The molecule has 2 aliphatic heterocycles. The molecule has 1 amide bonds. The van der Waals surface area contributed by atoms with Crippen LogP contribution in [0.25, 0.3) is 0 Å². The van der Waals surface area contributed by atoms with Gasteiger partial charge < -0.3 is 14.4 Å². The van der Waals surface area contributed by atoms with Gasteiger partial charge in [-0.25, -0.2) is 0 Å². The minimum absolute atomic E-state index is 0.0289. The summed E-state index contributed by atoms with van der Waals surface area (Å²) in [6, 6.07) is 3.92. The predicted molar refractivity (Wildman–Crippen MR) is 100 cm³/mol. The van der Waals surface area contributed by atoms with Crippen molar-refractivity contribution < 1.29 is 14.3 Å². The van der Waals surface area contributed by atoms with E-state index in [4.69, 9.17) is 9.47 Å². The number of pyridine rings is 1. The minimum atomic E-state index is -0.156. The van der Waals surface area contributed by atoms with Crippen LogP contribution in [0.3, 0.4) is 0 Å². The lowest BCUT2D eigenvalue weighted by molar-refractivity contribution is -0.148. The molecule has 8 heteroatoms. The number of fused-ring (bicyclic) bond motifs is 1. The number of carbonyl (C=O) groups is 1. The molecule has 0 aliphatic carbocycles. The van der Waals surface area contributed by atoms with Crippen LogP contribution in [-0.4, -0.2) is 57.8 Å². The van der Waals surface area contributed by atoms with Crippen LogP contribution in [0.15, 0.2) is 24.5 Å². The summed E-state index contributed by atoms with van der Waals surface area (Å²) in [5, 5.41) is 4.03. The smallest absolute Gasteiger partial charge is 0.275 e. The largest absolute Gasteiger partial charge is 0.377 e. The Kier molecular flexibility index (Phi) is 5.47. The molecule has 2 atom stereocenters. The van der Waals surface area contributed by atoms with Crippen LogP contribution < -0.4 is 0 Å². The fourth-order valence-electron chi connectivity index (χ4n) is 4.10. The zero-order chi connectivity index (χ0) is 18.7. The number of aryl methyl sites for hydroxylation is 1. The lowest BCUT2D eigenvalue weighted by atomic mass is 9.73. The van der Waals surface area contributed by atoms with Gasteiger partial charge in [-0.3, -0.25) is 9.78 Å². The molecule has 7 nitrogen and oxygen atoms in total. The van der Waals surface area contributed by atoms with E-state index in [-0.39, 0.29) is 17.4 Å². The normalized spacial score (nSPS) is 25.2. The number of likely N-dealkylation sites (tertiary alicyclic amines) is 1. The maximum Gasteiger partial charge on any atom is 0.275 e. The highest BCUT2D eigenvalue weighted by molar-refractivity contribution is 7.05. The second-order valence-electron chi connectivity index (χ2n) is 7.37. The van der Waals surface area contributed by atoms with Crippen molar-refractivity contribution in [1.82, 2.24) is 19.5 Å². The zero-order valence-corrected chi connectivity index (χ0v) is 16.3. The summed E-state index contributed by atoms with van der Waals surface area (Å²) < 4.78 is 16.1. The van der Waals surface area contributed by atoms with Crippen molar-refractivity contribution >= 4 is 17.4 Å². The number of amides is 1.